The van der Waals surface area contributed by atoms with E-state index in [-0.39, 0.29) is 5.95 Å². The van der Waals surface area contributed by atoms with E-state index in [1.54, 1.807) is 6.20 Å². The van der Waals surface area contributed by atoms with Gasteiger partial charge in [-0.25, -0.2) is 9.97 Å². The summed E-state index contributed by atoms with van der Waals surface area (Å²) in [6.45, 7) is 2.83. The third-order valence-electron chi connectivity index (χ3n) is 2.79. The Morgan fingerprint density at radius 2 is 2.05 bits per heavy atom. The number of nitrogens with zero attached hydrogens (tertiary/aromatic N) is 2. The zero-order valence-electron chi connectivity index (χ0n) is 11.6. The topological polar surface area (TPSA) is 61.0 Å². The van der Waals surface area contributed by atoms with Crippen LogP contribution in [-0.2, 0) is 4.74 Å². The lowest BCUT2D eigenvalue weighted by molar-refractivity contribution is 0.272. The smallest absolute Gasteiger partial charge is 0.220 e. The van der Waals surface area contributed by atoms with Gasteiger partial charge in [0.25, 0.3) is 0 Å². The summed E-state index contributed by atoms with van der Waals surface area (Å²) in [5, 5.41) is 0. The average molecular weight is 269 g/mol. The predicted octanol–water partition coefficient (Wildman–Crippen LogP) is 3.37. The van der Waals surface area contributed by atoms with Crippen LogP contribution < -0.4 is 5.73 Å². The Labute approximate surface area is 119 Å². The first kappa shape index (κ1) is 14.1. The van der Waals surface area contributed by atoms with Gasteiger partial charge in [-0.3, -0.25) is 0 Å². The van der Waals surface area contributed by atoms with Crippen LogP contribution in [0.3, 0.4) is 0 Å². The second-order valence-corrected chi connectivity index (χ2v) is 4.42. The monoisotopic (exact) mass is 269 g/mol. The lowest BCUT2D eigenvalue weighted by Crippen LogP contribution is -1.98. The van der Waals surface area contributed by atoms with Crippen molar-refractivity contribution in [3.63, 3.8) is 0 Å². The van der Waals surface area contributed by atoms with Gasteiger partial charge in [-0.1, -0.05) is 43.7 Å². The number of rotatable bonds is 6. The van der Waals surface area contributed by atoms with E-state index in [4.69, 9.17) is 10.5 Å². The van der Waals surface area contributed by atoms with Crippen LogP contribution in [0.4, 0.5) is 5.95 Å². The largest absolute Gasteiger partial charge is 0.493 e. The number of ether oxygens (including phenoxy) is 1. The molecule has 0 saturated heterocycles. The normalized spacial score (nSPS) is 11.3. The lowest BCUT2D eigenvalue weighted by Gasteiger charge is -2.10. The SMILES string of the molecule is CCCCO/C(=C\c1ccnc(N)n1)c1ccccc1. The van der Waals surface area contributed by atoms with Crippen molar-refractivity contribution in [2.24, 2.45) is 0 Å². The highest BCUT2D eigenvalue weighted by Gasteiger charge is 2.04. The molecule has 0 aliphatic carbocycles. The van der Waals surface area contributed by atoms with Gasteiger partial charge in [0.05, 0.1) is 12.3 Å². The summed E-state index contributed by atoms with van der Waals surface area (Å²) in [6, 6.07) is 11.8. The van der Waals surface area contributed by atoms with Crippen molar-refractivity contribution in [2.45, 2.75) is 19.8 Å². The molecule has 0 aliphatic rings. The third kappa shape index (κ3) is 4.09. The van der Waals surface area contributed by atoms with Crippen molar-refractivity contribution >= 4 is 17.8 Å². The number of benzene rings is 1. The van der Waals surface area contributed by atoms with Crippen LogP contribution in [-0.4, -0.2) is 16.6 Å². The Hall–Kier alpha value is -2.36. The molecule has 0 fully saturated rings. The Balaban J connectivity index is 2.26. The molecule has 4 nitrogen and oxygen atoms in total. The molecule has 2 aromatic rings. The maximum atomic E-state index is 5.87. The number of anilines is 1. The summed E-state index contributed by atoms with van der Waals surface area (Å²) in [7, 11) is 0. The van der Waals surface area contributed by atoms with Crippen LogP contribution in [0, 0.1) is 0 Å². The van der Waals surface area contributed by atoms with Crippen LogP contribution in [0.2, 0.25) is 0 Å². The molecule has 104 valence electrons. The van der Waals surface area contributed by atoms with E-state index in [0.29, 0.717) is 6.61 Å². The van der Waals surface area contributed by atoms with Gasteiger partial charge in [-0.05, 0) is 12.5 Å². The quantitative estimate of drug-likeness (QED) is 0.645. The summed E-state index contributed by atoms with van der Waals surface area (Å²) in [5.41, 5.74) is 7.37. The molecule has 0 bridgehead atoms. The van der Waals surface area contributed by atoms with Crippen molar-refractivity contribution in [3.05, 3.63) is 53.9 Å². The van der Waals surface area contributed by atoms with Gasteiger partial charge in [-0.2, -0.15) is 0 Å². The minimum Gasteiger partial charge on any atom is -0.493 e. The fourth-order valence-corrected chi connectivity index (χ4v) is 1.74. The van der Waals surface area contributed by atoms with E-state index >= 15 is 0 Å². The van der Waals surface area contributed by atoms with Crippen molar-refractivity contribution < 1.29 is 4.74 Å². The van der Waals surface area contributed by atoms with Gasteiger partial charge in [0, 0.05) is 17.8 Å². The van der Waals surface area contributed by atoms with Crippen molar-refractivity contribution in [1.29, 1.82) is 0 Å². The summed E-state index contributed by atoms with van der Waals surface area (Å²) in [6.07, 6.45) is 5.66. The number of aromatic nitrogens is 2. The van der Waals surface area contributed by atoms with E-state index < -0.39 is 0 Å². The average Bonchev–Trinajstić information content (AvgIpc) is 2.47. The predicted molar refractivity (Wildman–Crippen MR) is 81.6 cm³/mol. The molecule has 2 rings (SSSR count). The molecular formula is C16H19N3O. The van der Waals surface area contributed by atoms with Gasteiger partial charge in [-0.15, -0.1) is 0 Å². The Morgan fingerprint density at radius 1 is 1.25 bits per heavy atom. The molecule has 1 aromatic heterocycles. The lowest BCUT2D eigenvalue weighted by atomic mass is 10.1. The molecule has 0 saturated carbocycles. The highest BCUT2D eigenvalue weighted by molar-refractivity contribution is 5.76. The summed E-state index contributed by atoms with van der Waals surface area (Å²) >= 11 is 0. The van der Waals surface area contributed by atoms with Crippen LogP contribution >= 0.6 is 0 Å². The summed E-state index contributed by atoms with van der Waals surface area (Å²) in [5.74, 6) is 1.07. The van der Waals surface area contributed by atoms with E-state index in [0.717, 1.165) is 29.9 Å². The summed E-state index contributed by atoms with van der Waals surface area (Å²) < 4.78 is 5.87. The fourth-order valence-electron chi connectivity index (χ4n) is 1.74. The molecular weight excluding hydrogens is 250 g/mol. The van der Waals surface area contributed by atoms with Gasteiger partial charge >= 0.3 is 0 Å². The molecule has 2 N–H and O–H groups in total. The molecule has 0 radical (unpaired) electrons. The van der Waals surface area contributed by atoms with Crippen LogP contribution in [0.5, 0.6) is 0 Å². The molecule has 1 aromatic carbocycles. The van der Waals surface area contributed by atoms with Gasteiger partial charge in [0.2, 0.25) is 5.95 Å². The molecule has 1 heterocycles. The minimum atomic E-state index is 0.264. The molecule has 0 atom stereocenters. The van der Waals surface area contributed by atoms with E-state index in [2.05, 4.69) is 16.9 Å². The second kappa shape index (κ2) is 7.28. The maximum absolute atomic E-state index is 5.87. The first-order valence-electron chi connectivity index (χ1n) is 6.78. The van der Waals surface area contributed by atoms with Gasteiger partial charge < -0.3 is 10.5 Å². The molecule has 0 unspecified atom stereocenters. The second-order valence-electron chi connectivity index (χ2n) is 4.42. The first-order chi connectivity index (χ1) is 9.79. The highest BCUT2D eigenvalue weighted by atomic mass is 16.5. The van der Waals surface area contributed by atoms with E-state index in [1.807, 2.05) is 42.5 Å². The van der Waals surface area contributed by atoms with Crippen LogP contribution in [0.15, 0.2) is 42.6 Å². The van der Waals surface area contributed by atoms with Crippen molar-refractivity contribution in [2.75, 3.05) is 12.3 Å². The molecule has 0 amide bonds. The zero-order valence-corrected chi connectivity index (χ0v) is 11.6. The number of unbranched alkanes of at least 4 members (excludes halogenated alkanes) is 1. The Bertz CT molecular complexity index is 567. The Kier molecular flexibility index (Phi) is 5.12. The fraction of sp³-hybridized carbons (Fsp3) is 0.250. The summed E-state index contributed by atoms with van der Waals surface area (Å²) in [4.78, 5) is 8.07. The molecule has 0 aliphatic heterocycles. The van der Waals surface area contributed by atoms with Crippen molar-refractivity contribution in [3.8, 4) is 0 Å². The van der Waals surface area contributed by atoms with E-state index in [1.165, 1.54) is 0 Å². The van der Waals surface area contributed by atoms with Crippen molar-refractivity contribution in [1.82, 2.24) is 9.97 Å². The Morgan fingerprint density at radius 3 is 2.75 bits per heavy atom. The van der Waals surface area contributed by atoms with Gasteiger partial charge in [0.1, 0.15) is 5.76 Å². The molecule has 0 spiro atoms. The molecule has 20 heavy (non-hydrogen) atoms. The number of nitrogen functional groups attached to an aromatic ring is 1. The van der Waals surface area contributed by atoms with Gasteiger partial charge in [0.15, 0.2) is 0 Å². The number of nitrogens with two attached hydrogens (primary N) is 1. The minimum absolute atomic E-state index is 0.264. The third-order valence-corrected chi connectivity index (χ3v) is 2.79. The number of hydrogen-bond acceptors (Lipinski definition) is 4. The molecule has 4 heteroatoms. The maximum Gasteiger partial charge on any atom is 0.220 e. The van der Waals surface area contributed by atoms with E-state index in [9.17, 15) is 0 Å². The first-order valence-corrected chi connectivity index (χ1v) is 6.78. The number of hydrogen-bond donors (Lipinski definition) is 1. The van der Waals surface area contributed by atoms with Crippen LogP contribution in [0.1, 0.15) is 31.0 Å². The standard InChI is InChI=1S/C16H19N3O/c1-2-3-11-20-15(13-7-5-4-6-8-13)12-14-9-10-18-16(17)19-14/h4-10,12H,2-3,11H2,1H3,(H2,17,18,19)/b15-12-. The zero-order chi connectivity index (χ0) is 14.2. The highest BCUT2D eigenvalue weighted by Crippen LogP contribution is 2.19. The van der Waals surface area contributed by atoms with Crippen LogP contribution in [0.25, 0.3) is 11.8 Å².